The van der Waals surface area contributed by atoms with Gasteiger partial charge in [0.2, 0.25) is 0 Å². The van der Waals surface area contributed by atoms with Crippen molar-refractivity contribution >= 4 is 11.6 Å². The SMILES string of the molecule is CCN=C(Nc1ccc2c(c1)OCCCO2)NC1C2CCOC2C1(C)C. The van der Waals surface area contributed by atoms with Gasteiger partial charge in [-0.3, -0.25) is 4.99 Å². The van der Waals surface area contributed by atoms with Gasteiger partial charge >= 0.3 is 0 Å². The van der Waals surface area contributed by atoms with E-state index in [1.54, 1.807) is 0 Å². The predicted molar refractivity (Wildman–Crippen MR) is 102 cm³/mol. The van der Waals surface area contributed by atoms with Crippen molar-refractivity contribution in [3.8, 4) is 11.5 Å². The fraction of sp³-hybridized carbons (Fsp3) is 0.650. The predicted octanol–water partition coefficient (Wildman–Crippen LogP) is 3.04. The number of ether oxygens (including phenoxy) is 3. The number of guanidine groups is 1. The number of aliphatic imine (C=N–C) groups is 1. The molecule has 2 aliphatic heterocycles. The van der Waals surface area contributed by atoms with Gasteiger partial charge in [-0.25, -0.2) is 0 Å². The van der Waals surface area contributed by atoms with Gasteiger partial charge in [0.25, 0.3) is 0 Å². The second kappa shape index (κ2) is 6.99. The molecular weight excluding hydrogens is 330 g/mol. The summed E-state index contributed by atoms with van der Waals surface area (Å²) in [6.07, 6.45) is 2.39. The topological polar surface area (TPSA) is 64.1 Å². The Morgan fingerprint density at radius 1 is 1.19 bits per heavy atom. The fourth-order valence-electron chi connectivity index (χ4n) is 4.42. The molecule has 0 amide bonds. The van der Waals surface area contributed by atoms with Crippen LogP contribution < -0.4 is 20.1 Å². The minimum absolute atomic E-state index is 0.113. The van der Waals surface area contributed by atoms with Crippen molar-refractivity contribution in [3.63, 3.8) is 0 Å². The first-order chi connectivity index (χ1) is 12.6. The minimum Gasteiger partial charge on any atom is -0.490 e. The van der Waals surface area contributed by atoms with Gasteiger partial charge in [-0.05, 0) is 25.5 Å². The highest BCUT2D eigenvalue weighted by Gasteiger charge is 2.59. The first-order valence-electron chi connectivity index (χ1n) is 9.69. The molecule has 6 heteroatoms. The molecule has 1 aromatic carbocycles. The van der Waals surface area contributed by atoms with Gasteiger partial charge < -0.3 is 24.8 Å². The van der Waals surface area contributed by atoms with E-state index in [0.717, 1.165) is 49.1 Å². The van der Waals surface area contributed by atoms with Crippen LogP contribution in [0.4, 0.5) is 5.69 Å². The largest absolute Gasteiger partial charge is 0.490 e. The highest BCUT2D eigenvalue weighted by molar-refractivity contribution is 5.94. The van der Waals surface area contributed by atoms with E-state index < -0.39 is 0 Å². The molecule has 0 bridgehead atoms. The van der Waals surface area contributed by atoms with Crippen molar-refractivity contribution in [3.05, 3.63) is 18.2 Å². The Kier molecular flexibility index (Phi) is 4.69. The Morgan fingerprint density at radius 2 is 2.00 bits per heavy atom. The Morgan fingerprint density at radius 3 is 2.81 bits per heavy atom. The van der Waals surface area contributed by atoms with Crippen LogP contribution in [0.15, 0.2) is 23.2 Å². The molecule has 0 aromatic heterocycles. The first kappa shape index (κ1) is 17.5. The van der Waals surface area contributed by atoms with Gasteiger partial charge in [-0.15, -0.1) is 0 Å². The van der Waals surface area contributed by atoms with Crippen LogP contribution in [0.2, 0.25) is 0 Å². The van der Waals surface area contributed by atoms with Crippen molar-refractivity contribution in [1.82, 2.24) is 5.32 Å². The van der Waals surface area contributed by atoms with Crippen LogP contribution >= 0.6 is 0 Å². The van der Waals surface area contributed by atoms with E-state index in [9.17, 15) is 0 Å². The minimum atomic E-state index is 0.113. The van der Waals surface area contributed by atoms with Crippen LogP contribution in [-0.4, -0.2) is 44.5 Å². The summed E-state index contributed by atoms with van der Waals surface area (Å²) in [7, 11) is 0. The van der Waals surface area contributed by atoms with Gasteiger partial charge in [-0.1, -0.05) is 13.8 Å². The van der Waals surface area contributed by atoms with Gasteiger partial charge in [0.15, 0.2) is 17.5 Å². The third-order valence-electron chi connectivity index (χ3n) is 5.72. The number of rotatable bonds is 3. The zero-order valence-electron chi connectivity index (χ0n) is 15.9. The molecule has 6 nitrogen and oxygen atoms in total. The lowest BCUT2D eigenvalue weighted by molar-refractivity contribution is -0.106. The molecule has 0 radical (unpaired) electrons. The highest BCUT2D eigenvalue weighted by atomic mass is 16.5. The van der Waals surface area contributed by atoms with E-state index in [2.05, 4.69) is 29.5 Å². The van der Waals surface area contributed by atoms with Crippen molar-refractivity contribution in [2.24, 2.45) is 16.3 Å². The molecule has 2 heterocycles. The molecule has 1 saturated carbocycles. The average Bonchev–Trinajstić information content (AvgIpc) is 2.95. The van der Waals surface area contributed by atoms with Crippen molar-refractivity contribution < 1.29 is 14.2 Å². The summed E-state index contributed by atoms with van der Waals surface area (Å²) >= 11 is 0. The number of nitrogens with zero attached hydrogens (tertiary/aromatic N) is 1. The third kappa shape index (κ3) is 3.11. The molecule has 2 N–H and O–H groups in total. The summed E-state index contributed by atoms with van der Waals surface area (Å²) in [5, 5.41) is 7.07. The first-order valence-corrected chi connectivity index (χ1v) is 9.69. The van der Waals surface area contributed by atoms with Crippen LogP contribution in [0.3, 0.4) is 0 Å². The third-order valence-corrected chi connectivity index (χ3v) is 5.72. The zero-order chi connectivity index (χ0) is 18.1. The number of fused-ring (bicyclic) bond motifs is 2. The Labute approximate surface area is 155 Å². The molecule has 26 heavy (non-hydrogen) atoms. The van der Waals surface area contributed by atoms with Crippen molar-refractivity contribution in [1.29, 1.82) is 0 Å². The Balaban J connectivity index is 1.48. The van der Waals surface area contributed by atoms with Crippen molar-refractivity contribution in [2.45, 2.75) is 45.8 Å². The molecule has 0 spiro atoms. The maximum absolute atomic E-state index is 5.90. The second-order valence-corrected chi connectivity index (χ2v) is 7.85. The van der Waals surface area contributed by atoms with Gasteiger partial charge in [0.05, 0.1) is 19.3 Å². The maximum atomic E-state index is 5.90. The maximum Gasteiger partial charge on any atom is 0.196 e. The number of hydrogen-bond donors (Lipinski definition) is 2. The van der Waals surface area contributed by atoms with E-state index in [0.29, 0.717) is 31.3 Å². The smallest absolute Gasteiger partial charge is 0.196 e. The van der Waals surface area contributed by atoms with Gasteiger partial charge in [0, 0.05) is 48.7 Å². The summed E-state index contributed by atoms with van der Waals surface area (Å²) in [4.78, 5) is 4.63. The number of hydrogen-bond acceptors (Lipinski definition) is 4. The van der Waals surface area contributed by atoms with E-state index in [-0.39, 0.29) is 5.41 Å². The summed E-state index contributed by atoms with van der Waals surface area (Å²) < 4.78 is 17.4. The molecule has 1 saturated heterocycles. The molecule has 142 valence electrons. The molecule has 4 rings (SSSR count). The summed E-state index contributed by atoms with van der Waals surface area (Å²) in [5.41, 5.74) is 1.06. The van der Waals surface area contributed by atoms with E-state index in [1.165, 1.54) is 0 Å². The monoisotopic (exact) mass is 359 g/mol. The standard InChI is InChI=1S/C20H29N3O3/c1-4-21-19(23-17-14-8-11-26-18(14)20(17,2)3)22-13-6-7-15-16(12-13)25-10-5-9-24-15/h6-7,12,14,17-18H,4-5,8-11H2,1-3H3,(H2,21,22,23). The Bertz CT molecular complexity index is 689. The molecule has 3 unspecified atom stereocenters. The van der Waals surface area contributed by atoms with Gasteiger partial charge in [0.1, 0.15) is 0 Å². The zero-order valence-corrected chi connectivity index (χ0v) is 15.9. The number of nitrogens with one attached hydrogen (secondary N) is 2. The molecule has 3 aliphatic rings. The van der Waals surface area contributed by atoms with Crippen LogP contribution in [0, 0.1) is 11.3 Å². The summed E-state index contributed by atoms with van der Waals surface area (Å²) in [6, 6.07) is 6.32. The molecular formula is C20H29N3O3. The molecule has 3 atom stereocenters. The average molecular weight is 359 g/mol. The lowest BCUT2D eigenvalue weighted by Gasteiger charge is -2.54. The van der Waals surface area contributed by atoms with Crippen LogP contribution in [0.1, 0.15) is 33.6 Å². The Hall–Kier alpha value is -1.95. The summed E-state index contributed by atoms with van der Waals surface area (Å²) in [6.45, 7) is 9.56. The number of benzene rings is 1. The molecule has 1 aliphatic carbocycles. The van der Waals surface area contributed by atoms with Crippen LogP contribution in [-0.2, 0) is 4.74 Å². The lowest BCUT2D eigenvalue weighted by atomic mass is 9.57. The van der Waals surface area contributed by atoms with Crippen LogP contribution in [0.5, 0.6) is 11.5 Å². The normalized spacial score (nSPS) is 29.3. The van der Waals surface area contributed by atoms with Crippen molar-refractivity contribution in [2.75, 3.05) is 31.7 Å². The number of anilines is 1. The van der Waals surface area contributed by atoms with E-state index in [1.807, 2.05) is 25.1 Å². The van der Waals surface area contributed by atoms with E-state index >= 15 is 0 Å². The second-order valence-electron chi connectivity index (χ2n) is 7.85. The highest BCUT2D eigenvalue weighted by Crippen LogP contribution is 2.52. The van der Waals surface area contributed by atoms with Gasteiger partial charge in [-0.2, -0.15) is 0 Å². The quantitative estimate of drug-likeness (QED) is 0.641. The van der Waals surface area contributed by atoms with Crippen LogP contribution in [0.25, 0.3) is 0 Å². The lowest BCUT2D eigenvalue weighted by Crippen LogP contribution is -2.67. The fourth-order valence-corrected chi connectivity index (χ4v) is 4.42. The van der Waals surface area contributed by atoms with E-state index in [4.69, 9.17) is 14.2 Å². The molecule has 2 fully saturated rings. The summed E-state index contributed by atoms with van der Waals surface area (Å²) in [5.74, 6) is 2.97. The molecule has 1 aromatic rings.